The summed E-state index contributed by atoms with van der Waals surface area (Å²) in [5.41, 5.74) is 1.81. The highest BCUT2D eigenvalue weighted by molar-refractivity contribution is 7.98. The van der Waals surface area contributed by atoms with Crippen LogP contribution in [0.5, 0.6) is 0 Å². The summed E-state index contributed by atoms with van der Waals surface area (Å²) in [6, 6.07) is 15.9. The van der Waals surface area contributed by atoms with E-state index in [1.807, 2.05) is 53.8 Å². The molecule has 2 aromatic heterocycles. The molecule has 0 aliphatic heterocycles. The molecule has 0 saturated carbocycles. The summed E-state index contributed by atoms with van der Waals surface area (Å²) in [7, 11) is 0. The fourth-order valence-corrected chi connectivity index (χ4v) is 3.94. The van der Waals surface area contributed by atoms with Crippen molar-refractivity contribution in [2.75, 3.05) is 12.8 Å². The molecular weight excluding hydrogens is 348 g/mol. The van der Waals surface area contributed by atoms with Crippen molar-refractivity contribution < 1.29 is 4.79 Å². The fraction of sp³-hybridized carbons (Fsp3) is 0.200. The molecule has 3 aromatic rings. The number of carbonyl (C=O) groups excluding carboxylic acids is 1. The molecule has 5 heteroatoms. The van der Waals surface area contributed by atoms with Crippen molar-refractivity contribution in [1.29, 1.82) is 0 Å². The smallest absolute Gasteiger partial charge is 0.255 e. The van der Waals surface area contributed by atoms with E-state index in [0.29, 0.717) is 13.1 Å². The summed E-state index contributed by atoms with van der Waals surface area (Å²) in [4.78, 5) is 21.6. The van der Waals surface area contributed by atoms with E-state index in [9.17, 15) is 4.79 Å². The zero-order valence-electron chi connectivity index (χ0n) is 14.1. The number of thiophene rings is 1. The predicted octanol–water partition coefficient (Wildman–Crippen LogP) is 4.75. The lowest BCUT2D eigenvalue weighted by Gasteiger charge is -2.23. The molecule has 0 unspecified atom stereocenters. The molecule has 1 aromatic carbocycles. The van der Waals surface area contributed by atoms with Crippen molar-refractivity contribution in [3.05, 3.63) is 82.3 Å². The molecule has 0 fully saturated rings. The van der Waals surface area contributed by atoms with Crippen molar-refractivity contribution >= 4 is 29.0 Å². The lowest BCUT2D eigenvalue weighted by atomic mass is 10.1. The van der Waals surface area contributed by atoms with Crippen LogP contribution in [-0.2, 0) is 13.0 Å². The van der Waals surface area contributed by atoms with Gasteiger partial charge in [-0.25, -0.2) is 0 Å². The topological polar surface area (TPSA) is 33.2 Å². The Morgan fingerprint density at radius 3 is 2.76 bits per heavy atom. The van der Waals surface area contributed by atoms with Gasteiger partial charge < -0.3 is 4.90 Å². The maximum atomic E-state index is 13.2. The Balaban J connectivity index is 1.82. The number of carbonyl (C=O) groups is 1. The molecule has 3 rings (SSSR count). The Labute approximate surface area is 156 Å². The number of nitrogens with zero attached hydrogens (tertiary/aromatic N) is 2. The van der Waals surface area contributed by atoms with Crippen molar-refractivity contribution in [1.82, 2.24) is 9.88 Å². The minimum atomic E-state index is 0.0744. The summed E-state index contributed by atoms with van der Waals surface area (Å²) in [6.45, 7) is 1.26. The van der Waals surface area contributed by atoms with E-state index < -0.39 is 0 Å². The lowest BCUT2D eigenvalue weighted by molar-refractivity contribution is 0.0742. The molecule has 0 aliphatic rings. The summed E-state index contributed by atoms with van der Waals surface area (Å²) < 4.78 is 0. The number of rotatable bonds is 7. The van der Waals surface area contributed by atoms with Gasteiger partial charge in [0.05, 0.1) is 5.56 Å². The Morgan fingerprint density at radius 1 is 1.16 bits per heavy atom. The third-order valence-corrected chi connectivity index (χ3v) is 5.66. The van der Waals surface area contributed by atoms with Gasteiger partial charge in [-0.1, -0.05) is 24.3 Å². The second-order valence-electron chi connectivity index (χ2n) is 5.62. The van der Waals surface area contributed by atoms with Gasteiger partial charge in [-0.15, -0.1) is 23.1 Å². The summed E-state index contributed by atoms with van der Waals surface area (Å²) in [5, 5.41) is 2.08. The van der Waals surface area contributed by atoms with Crippen molar-refractivity contribution in [2.45, 2.75) is 17.9 Å². The molecule has 25 heavy (non-hydrogen) atoms. The number of hydrogen-bond acceptors (Lipinski definition) is 4. The largest absolute Gasteiger partial charge is 0.334 e. The number of hydrogen-bond donors (Lipinski definition) is 0. The van der Waals surface area contributed by atoms with Gasteiger partial charge in [0.25, 0.3) is 5.91 Å². The maximum Gasteiger partial charge on any atom is 0.255 e. The van der Waals surface area contributed by atoms with E-state index in [0.717, 1.165) is 22.4 Å². The van der Waals surface area contributed by atoms with Gasteiger partial charge in [0.15, 0.2) is 0 Å². The third kappa shape index (κ3) is 4.71. The van der Waals surface area contributed by atoms with Crippen LogP contribution in [0.3, 0.4) is 0 Å². The van der Waals surface area contributed by atoms with Crippen LogP contribution in [0.4, 0.5) is 0 Å². The normalized spacial score (nSPS) is 10.6. The highest BCUT2D eigenvalue weighted by Gasteiger charge is 2.19. The summed E-state index contributed by atoms with van der Waals surface area (Å²) in [6.07, 6.45) is 6.45. The molecule has 0 N–H and O–H groups in total. The summed E-state index contributed by atoms with van der Waals surface area (Å²) >= 11 is 3.34. The monoisotopic (exact) mass is 368 g/mol. The van der Waals surface area contributed by atoms with Gasteiger partial charge in [-0.2, -0.15) is 0 Å². The van der Waals surface area contributed by atoms with Gasteiger partial charge in [0.2, 0.25) is 0 Å². The first kappa shape index (κ1) is 17.7. The first-order valence-corrected chi connectivity index (χ1v) is 10.2. The average Bonchev–Trinajstić information content (AvgIpc) is 3.19. The van der Waals surface area contributed by atoms with Gasteiger partial charge >= 0.3 is 0 Å². The van der Waals surface area contributed by atoms with Gasteiger partial charge in [0, 0.05) is 35.3 Å². The Hall–Kier alpha value is -2.11. The highest BCUT2D eigenvalue weighted by Crippen LogP contribution is 2.22. The van der Waals surface area contributed by atoms with Gasteiger partial charge in [0.1, 0.15) is 0 Å². The minimum Gasteiger partial charge on any atom is -0.334 e. The SMILES string of the molecule is CSc1ccccc1C(=O)N(CCc1cccs1)Cc1cccnc1. The second kappa shape index (κ2) is 8.83. The maximum absolute atomic E-state index is 13.2. The minimum absolute atomic E-state index is 0.0744. The molecular formula is C20H20N2OS2. The van der Waals surface area contributed by atoms with Gasteiger partial charge in [-0.05, 0) is 47.9 Å². The van der Waals surface area contributed by atoms with Crippen LogP contribution in [-0.4, -0.2) is 28.6 Å². The first-order valence-electron chi connectivity index (χ1n) is 8.11. The highest BCUT2D eigenvalue weighted by atomic mass is 32.2. The second-order valence-corrected chi connectivity index (χ2v) is 7.50. The molecule has 1 amide bonds. The molecule has 0 atom stereocenters. The molecule has 0 radical (unpaired) electrons. The quantitative estimate of drug-likeness (QED) is 0.564. The third-order valence-electron chi connectivity index (χ3n) is 3.93. The molecule has 0 spiro atoms. The van der Waals surface area contributed by atoms with E-state index in [-0.39, 0.29) is 5.91 Å². The molecule has 3 nitrogen and oxygen atoms in total. The van der Waals surface area contributed by atoms with Crippen LogP contribution in [0, 0.1) is 0 Å². The van der Waals surface area contributed by atoms with Gasteiger partial charge in [-0.3, -0.25) is 9.78 Å². The fourth-order valence-electron chi connectivity index (χ4n) is 2.66. The average molecular weight is 369 g/mol. The predicted molar refractivity (Wildman–Crippen MR) is 105 cm³/mol. The lowest BCUT2D eigenvalue weighted by Crippen LogP contribution is -2.32. The Kier molecular flexibility index (Phi) is 6.25. The van der Waals surface area contributed by atoms with E-state index in [1.165, 1.54) is 4.88 Å². The van der Waals surface area contributed by atoms with Crippen molar-refractivity contribution in [2.24, 2.45) is 0 Å². The zero-order chi connectivity index (χ0) is 17.5. The number of pyridine rings is 1. The molecule has 128 valence electrons. The van der Waals surface area contributed by atoms with Crippen LogP contribution in [0.2, 0.25) is 0 Å². The molecule has 0 bridgehead atoms. The van der Waals surface area contributed by atoms with Crippen LogP contribution in [0.1, 0.15) is 20.8 Å². The molecule has 0 aliphatic carbocycles. The Bertz CT molecular complexity index is 804. The number of aromatic nitrogens is 1. The standard InChI is InChI=1S/C20H20N2OS2/c1-24-19-9-3-2-8-18(19)20(23)22(12-10-17-7-5-13-25-17)15-16-6-4-11-21-14-16/h2-9,11,13-14H,10,12,15H2,1H3. The van der Waals surface area contributed by atoms with Crippen molar-refractivity contribution in [3.8, 4) is 0 Å². The molecule has 0 saturated heterocycles. The molecule has 2 heterocycles. The van der Waals surface area contributed by atoms with Crippen LogP contribution in [0.15, 0.2) is 71.2 Å². The van der Waals surface area contributed by atoms with Crippen molar-refractivity contribution in [3.63, 3.8) is 0 Å². The van der Waals surface area contributed by atoms with E-state index >= 15 is 0 Å². The summed E-state index contributed by atoms with van der Waals surface area (Å²) in [5.74, 6) is 0.0744. The number of benzene rings is 1. The number of amides is 1. The van der Waals surface area contributed by atoms with E-state index in [4.69, 9.17) is 0 Å². The zero-order valence-corrected chi connectivity index (χ0v) is 15.7. The van der Waals surface area contributed by atoms with Crippen LogP contribution >= 0.6 is 23.1 Å². The van der Waals surface area contributed by atoms with Crippen LogP contribution < -0.4 is 0 Å². The van der Waals surface area contributed by atoms with Crippen LogP contribution in [0.25, 0.3) is 0 Å². The van der Waals surface area contributed by atoms with E-state index in [1.54, 1.807) is 29.3 Å². The Morgan fingerprint density at radius 2 is 2.04 bits per heavy atom. The van der Waals surface area contributed by atoms with E-state index in [2.05, 4.69) is 22.5 Å². The number of thioether (sulfide) groups is 1. The first-order chi connectivity index (χ1) is 12.3.